The number of ether oxygens (including phenoxy) is 1. The second-order valence-corrected chi connectivity index (χ2v) is 7.80. The van der Waals surface area contributed by atoms with Crippen molar-refractivity contribution < 1.29 is 13.9 Å². The summed E-state index contributed by atoms with van der Waals surface area (Å²) in [5.41, 5.74) is 2.21. The van der Waals surface area contributed by atoms with E-state index in [0.29, 0.717) is 41.1 Å². The van der Waals surface area contributed by atoms with Crippen molar-refractivity contribution in [2.75, 3.05) is 38.2 Å². The molecule has 0 aliphatic carbocycles. The van der Waals surface area contributed by atoms with Crippen LogP contribution in [-0.2, 0) is 4.79 Å². The van der Waals surface area contributed by atoms with Crippen LogP contribution in [0.1, 0.15) is 6.17 Å². The fourth-order valence-corrected chi connectivity index (χ4v) is 4.24. The number of anilines is 1. The van der Waals surface area contributed by atoms with Crippen LogP contribution >= 0.6 is 11.6 Å². The van der Waals surface area contributed by atoms with Crippen molar-refractivity contribution in [1.82, 2.24) is 24.6 Å². The van der Waals surface area contributed by atoms with E-state index in [0.717, 1.165) is 30.4 Å². The fraction of sp³-hybridized carbons (Fsp3) is 0.273. The minimum absolute atomic E-state index is 0.396. The van der Waals surface area contributed by atoms with E-state index in [9.17, 15) is 4.79 Å². The topological polar surface area (TPSA) is 89.5 Å². The predicted molar refractivity (Wildman–Crippen MR) is 120 cm³/mol. The highest BCUT2D eigenvalue weighted by Crippen LogP contribution is 2.31. The first kappa shape index (κ1) is 20.5. The van der Waals surface area contributed by atoms with Crippen LogP contribution < -0.4 is 9.64 Å². The van der Waals surface area contributed by atoms with Gasteiger partial charge >= 0.3 is 0 Å². The first-order valence-corrected chi connectivity index (χ1v) is 10.6. The second-order valence-electron chi connectivity index (χ2n) is 7.40. The van der Waals surface area contributed by atoms with Crippen molar-refractivity contribution >= 4 is 34.6 Å². The number of piperazine rings is 1. The lowest BCUT2D eigenvalue weighted by Crippen LogP contribution is -2.49. The standard InChI is InChI=1S/C22H21ClN6O3/c1-31-18-13-15(4-5-17(18)23)27-8-10-28(11-9-27)19(14-30)29-21-16(3-2-6-24-21)20(26-29)22-25-7-12-32-22/h2-7,12-14,19H,8-11H2,1H3. The summed E-state index contributed by atoms with van der Waals surface area (Å²) in [5, 5.41) is 6.03. The highest BCUT2D eigenvalue weighted by molar-refractivity contribution is 6.32. The Balaban J connectivity index is 1.40. The summed E-state index contributed by atoms with van der Waals surface area (Å²) in [7, 11) is 1.60. The van der Waals surface area contributed by atoms with E-state index >= 15 is 0 Å². The Bertz CT molecular complexity index is 1230. The molecule has 0 bridgehead atoms. The van der Waals surface area contributed by atoms with Crippen LogP contribution in [0.2, 0.25) is 5.02 Å². The molecular weight excluding hydrogens is 432 g/mol. The van der Waals surface area contributed by atoms with Crippen molar-refractivity contribution in [2.24, 2.45) is 0 Å². The number of carbonyl (C=O) groups excluding carboxylic acids is 1. The molecule has 0 radical (unpaired) electrons. The maximum absolute atomic E-state index is 12.2. The highest BCUT2D eigenvalue weighted by Gasteiger charge is 2.29. The summed E-state index contributed by atoms with van der Waals surface area (Å²) < 4.78 is 12.4. The number of pyridine rings is 1. The summed E-state index contributed by atoms with van der Waals surface area (Å²) in [6, 6.07) is 9.48. The molecule has 4 aromatic rings. The number of fused-ring (bicyclic) bond motifs is 1. The lowest BCUT2D eigenvalue weighted by Gasteiger charge is -2.38. The predicted octanol–water partition coefficient (Wildman–Crippen LogP) is 3.27. The number of methoxy groups -OCH3 is 1. The van der Waals surface area contributed by atoms with Gasteiger partial charge < -0.3 is 14.1 Å². The summed E-state index contributed by atoms with van der Waals surface area (Å²) in [5.74, 6) is 1.04. The van der Waals surface area contributed by atoms with Gasteiger partial charge in [-0.1, -0.05) is 11.6 Å². The van der Waals surface area contributed by atoms with Gasteiger partial charge in [0.2, 0.25) is 5.89 Å². The van der Waals surface area contributed by atoms with Gasteiger partial charge in [-0.2, -0.15) is 5.10 Å². The van der Waals surface area contributed by atoms with Crippen LogP contribution in [0.4, 0.5) is 5.69 Å². The molecule has 0 saturated carbocycles. The summed E-state index contributed by atoms with van der Waals surface area (Å²) >= 11 is 6.16. The number of carbonyl (C=O) groups is 1. The number of hydrogen-bond acceptors (Lipinski definition) is 8. The normalized spacial score (nSPS) is 15.8. The molecule has 0 spiro atoms. The molecule has 164 valence electrons. The third-order valence-corrected chi connectivity index (χ3v) is 5.97. The van der Waals surface area contributed by atoms with Gasteiger partial charge in [-0.15, -0.1) is 0 Å². The van der Waals surface area contributed by atoms with E-state index < -0.39 is 6.17 Å². The Morgan fingerprint density at radius 3 is 2.72 bits per heavy atom. The molecule has 1 aromatic carbocycles. The van der Waals surface area contributed by atoms with E-state index in [1.165, 1.54) is 6.26 Å². The lowest BCUT2D eigenvalue weighted by molar-refractivity contribution is -0.115. The van der Waals surface area contributed by atoms with Crippen LogP contribution in [-0.4, -0.2) is 64.2 Å². The number of nitrogens with zero attached hydrogens (tertiary/aromatic N) is 6. The van der Waals surface area contributed by atoms with Crippen LogP contribution in [0.15, 0.2) is 53.4 Å². The van der Waals surface area contributed by atoms with E-state index in [-0.39, 0.29) is 0 Å². The van der Waals surface area contributed by atoms with Crippen molar-refractivity contribution in [3.05, 3.63) is 54.0 Å². The van der Waals surface area contributed by atoms with Crippen LogP contribution in [0, 0.1) is 0 Å². The van der Waals surface area contributed by atoms with Gasteiger partial charge in [0.25, 0.3) is 0 Å². The van der Waals surface area contributed by atoms with Crippen LogP contribution in [0.3, 0.4) is 0 Å². The van der Waals surface area contributed by atoms with Gasteiger partial charge in [-0.3, -0.25) is 9.69 Å². The van der Waals surface area contributed by atoms with Crippen molar-refractivity contribution in [2.45, 2.75) is 6.17 Å². The number of rotatable bonds is 6. The Labute approximate surface area is 189 Å². The van der Waals surface area contributed by atoms with Crippen molar-refractivity contribution in [3.63, 3.8) is 0 Å². The maximum Gasteiger partial charge on any atom is 0.247 e. The van der Waals surface area contributed by atoms with Crippen LogP contribution in [0.25, 0.3) is 22.6 Å². The molecular formula is C22H21ClN6O3. The average Bonchev–Trinajstić information content (AvgIpc) is 3.49. The number of aldehydes is 1. The molecule has 1 fully saturated rings. The fourth-order valence-electron chi connectivity index (χ4n) is 4.04. The minimum Gasteiger partial charge on any atom is -0.495 e. The Kier molecular flexibility index (Phi) is 5.50. The van der Waals surface area contributed by atoms with Crippen molar-refractivity contribution in [1.29, 1.82) is 0 Å². The largest absolute Gasteiger partial charge is 0.495 e. The number of aromatic nitrogens is 4. The average molecular weight is 453 g/mol. The van der Waals surface area contributed by atoms with E-state index in [1.807, 2.05) is 30.3 Å². The number of benzene rings is 1. The lowest BCUT2D eigenvalue weighted by atomic mass is 10.2. The van der Waals surface area contributed by atoms with E-state index in [2.05, 4.69) is 24.9 Å². The second kappa shape index (κ2) is 8.60. The Morgan fingerprint density at radius 2 is 2.00 bits per heavy atom. The maximum atomic E-state index is 12.2. The SMILES string of the molecule is COc1cc(N2CCN(C(C=O)n3nc(-c4ncco4)c4cccnc43)CC2)ccc1Cl. The number of hydrogen-bond donors (Lipinski definition) is 0. The number of oxazole rings is 1. The molecule has 9 nitrogen and oxygen atoms in total. The van der Waals surface area contributed by atoms with Crippen molar-refractivity contribution in [3.8, 4) is 17.3 Å². The molecule has 5 rings (SSSR count). The molecule has 4 heterocycles. The molecule has 1 saturated heterocycles. The smallest absolute Gasteiger partial charge is 0.247 e. The Morgan fingerprint density at radius 1 is 1.16 bits per heavy atom. The minimum atomic E-state index is -0.585. The molecule has 1 atom stereocenters. The third-order valence-electron chi connectivity index (χ3n) is 5.66. The Hall–Kier alpha value is -3.43. The molecule has 3 aromatic heterocycles. The van der Waals surface area contributed by atoms with Gasteiger partial charge in [-0.05, 0) is 24.3 Å². The van der Waals surface area contributed by atoms with Gasteiger partial charge in [0, 0.05) is 44.1 Å². The molecule has 1 unspecified atom stereocenters. The highest BCUT2D eigenvalue weighted by atomic mass is 35.5. The molecule has 1 aliphatic rings. The summed E-state index contributed by atoms with van der Waals surface area (Å²) in [6.07, 6.45) is 5.07. The zero-order valence-electron chi connectivity index (χ0n) is 17.4. The first-order valence-electron chi connectivity index (χ1n) is 10.2. The van der Waals surface area contributed by atoms with Crippen LogP contribution in [0.5, 0.6) is 5.75 Å². The van der Waals surface area contributed by atoms with E-state index in [1.54, 1.807) is 24.2 Å². The molecule has 0 amide bonds. The van der Waals surface area contributed by atoms with Gasteiger partial charge in [0.15, 0.2) is 23.8 Å². The molecule has 0 N–H and O–H groups in total. The number of halogens is 1. The summed E-state index contributed by atoms with van der Waals surface area (Å²) in [4.78, 5) is 25.2. The molecule has 32 heavy (non-hydrogen) atoms. The third kappa shape index (κ3) is 3.59. The summed E-state index contributed by atoms with van der Waals surface area (Å²) in [6.45, 7) is 2.84. The van der Waals surface area contributed by atoms with E-state index in [4.69, 9.17) is 20.8 Å². The van der Waals surface area contributed by atoms with Gasteiger partial charge in [-0.25, -0.2) is 14.6 Å². The van der Waals surface area contributed by atoms with Gasteiger partial charge in [0.1, 0.15) is 12.0 Å². The van der Waals surface area contributed by atoms with Gasteiger partial charge in [0.05, 0.1) is 23.7 Å². The quantitative estimate of drug-likeness (QED) is 0.412. The molecule has 1 aliphatic heterocycles. The molecule has 10 heteroatoms. The zero-order valence-corrected chi connectivity index (χ0v) is 18.1. The monoisotopic (exact) mass is 452 g/mol. The first-order chi connectivity index (χ1) is 15.7. The zero-order chi connectivity index (χ0) is 22.1.